The SMILES string of the molecule is COc1ccc(N2CCN(C(=O)C3(C(=O)NCC(C)C)CC3)CC2)cc1. The molecule has 6 heteroatoms. The molecule has 142 valence electrons. The number of hydrogen-bond acceptors (Lipinski definition) is 4. The van der Waals surface area contributed by atoms with Gasteiger partial charge in [0.05, 0.1) is 7.11 Å². The normalized spacial score (nSPS) is 18.6. The monoisotopic (exact) mass is 359 g/mol. The van der Waals surface area contributed by atoms with Gasteiger partial charge < -0.3 is 19.9 Å². The molecule has 2 aliphatic rings. The predicted octanol–water partition coefficient (Wildman–Crippen LogP) is 1.90. The van der Waals surface area contributed by atoms with E-state index in [9.17, 15) is 9.59 Å². The van der Waals surface area contributed by atoms with Crippen molar-refractivity contribution in [1.29, 1.82) is 0 Å². The van der Waals surface area contributed by atoms with Crippen molar-refractivity contribution < 1.29 is 14.3 Å². The Hall–Kier alpha value is -2.24. The number of amides is 2. The van der Waals surface area contributed by atoms with E-state index in [4.69, 9.17) is 4.74 Å². The van der Waals surface area contributed by atoms with Crippen LogP contribution in [0, 0.1) is 11.3 Å². The van der Waals surface area contributed by atoms with Gasteiger partial charge in [-0.2, -0.15) is 0 Å². The average molecular weight is 359 g/mol. The standard InChI is InChI=1S/C20H29N3O3/c1-15(2)14-21-18(24)20(8-9-20)19(25)23-12-10-22(11-13-23)16-4-6-17(26-3)7-5-16/h4-7,15H,8-14H2,1-3H3,(H,21,24). The molecule has 1 saturated heterocycles. The van der Waals surface area contributed by atoms with Gasteiger partial charge in [0.15, 0.2) is 0 Å². The number of nitrogens with zero attached hydrogens (tertiary/aromatic N) is 2. The highest BCUT2D eigenvalue weighted by Crippen LogP contribution is 2.47. The van der Waals surface area contributed by atoms with Crippen LogP contribution in [0.2, 0.25) is 0 Å². The van der Waals surface area contributed by atoms with Crippen LogP contribution in [0.4, 0.5) is 5.69 Å². The smallest absolute Gasteiger partial charge is 0.238 e. The van der Waals surface area contributed by atoms with Crippen LogP contribution in [-0.2, 0) is 9.59 Å². The van der Waals surface area contributed by atoms with Gasteiger partial charge in [0, 0.05) is 38.4 Å². The number of ether oxygens (including phenoxy) is 1. The van der Waals surface area contributed by atoms with Crippen molar-refractivity contribution in [3.05, 3.63) is 24.3 Å². The summed E-state index contributed by atoms with van der Waals surface area (Å²) in [7, 11) is 1.66. The van der Waals surface area contributed by atoms with Crippen molar-refractivity contribution in [3.8, 4) is 5.75 Å². The van der Waals surface area contributed by atoms with Gasteiger partial charge in [0.1, 0.15) is 11.2 Å². The van der Waals surface area contributed by atoms with Crippen molar-refractivity contribution >= 4 is 17.5 Å². The number of benzene rings is 1. The van der Waals surface area contributed by atoms with E-state index in [1.807, 2.05) is 29.2 Å². The zero-order valence-electron chi connectivity index (χ0n) is 16.0. The zero-order chi connectivity index (χ0) is 18.7. The molecule has 1 N–H and O–H groups in total. The lowest BCUT2D eigenvalue weighted by Crippen LogP contribution is -2.53. The first-order valence-electron chi connectivity index (χ1n) is 9.43. The molecule has 0 radical (unpaired) electrons. The highest BCUT2D eigenvalue weighted by Gasteiger charge is 2.58. The molecule has 2 amide bonds. The van der Waals surface area contributed by atoms with E-state index >= 15 is 0 Å². The van der Waals surface area contributed by atoms with Crippen molar-refractivity contribution in [2.45, 2.75) is 26.7 Å². The minimum atomic E-state index is -0.794. The van der Waals surface area contributed by atoms with Crippen LogP contribution in [0.5, 0.6) is 5.75 Å². The molecular formula is C20H29N3O3. The number of methoxy groups -OCH3 is 1. The molecule has 0 spiro atoms. The lowest BCUT2D eigenvalue weighted by atomic mass is 10.0. The lowest BCUT2D eigenvalue weighted by Gasteiger charge is -2.37. The summed E-state index contributed by atoms with van der Waals surface area (Å²) < 4.78 is 5.20. The number of carbonyl (C=O) groups excluding carboxylic acids is 2. The maximum absolute atomic E-state index is 12.9. The zero-order valence-corrected chi connectivity index (χ0v) is 16.0. The maximum atomic E-state index is 12.9. The Morgan fingerprint density at radius 1 is 1.12 bits per heavy atom. The third-order valence-corrected chi connectivity index (χ3v) is 5.27. The molecule has 3 rings (SSSR count). The summed E-state index contributed by atoms with van der Waals surface area (Å²) in [6.45, 7) is 7.61. The van der Waals surface area contributed by atoms with Crippen LogP contribution in [0.15, 0.2) is 24.3 Å². The first-order chi connectivity index (χ1) is 12.5. The van der Waals surface area contributed by atoms with Crippen LogP contribution in [0.25, 0.3) is 0 Å². The number of carbonyl (C=O) groups is 2. The third kappa shape index (κ3) is 3.79. The molecule has 2 fully saturated rings. The first kappa shape index (κ1) is 18.5. The molecule has 1 aromatic carbocycles. The summed E-state index contributed by atoms with van der Waals surface area (Å²) in [4.78, 5) is 29.5. The summed E-state index contributed by atoms with van der Waals surface area (Å²) in [5.74, 6) is 1.14. The second-order valence-electron chi connectivity index (χ2n) is 7.66. The number of piperazine rings is 1. The van der Waals surface area contributed by atoms with E-state index in [2.05, 4.69) is 24.1 Å². The molecule has 1 saturated carbocycles. The molecule has 6 nitrogen and oxygen atoms in total. The fourth-order valence-electron chi connectivity index (χ4n) is 3.39. The van der Waals surface area contributed by atoms with Gasteiger partial charge in [-0.05, 0) is 43.0 Å². The number of anilines is 1. The van der Waals surface area contributed by atoms with E-state index < -0.39 is 5.41 Å². The summed E-state index contributed by atoms with van der Waals surface area (Å²) >= 11 is 0. The summed E-state index contributed by atoms with van der Waals surface area (Å²) in [6.07, 6.45) is 1.35. The van der Waals surface area contributed by atoms with E-state index in [1.165, 1.54) is 0 Å². The highest BCUT2D eigenvalue weighted by atomic mass is 16.5. The average Bonchev–Trinajstić information content (AvgIpc) is 3.48. The number of hydrogen-bond donors (Lipinski definition) is 1. The van der Waals surface area contributed by atoms with Gasteiger partial charge in [-0.15, -0.1) is 0 Å². The Morgan fingerprint density at radius 3 is 2.23 bits per heavy atom. The number of rotatable bonds is 6. The Bertz CT molecular complexity index is 645. The second kappa shape index (κ2) is 7.56. The fourth-order valence-corrected chi connectivity index (χ4v) is 3.39. The quantitative estimate of drug-likeness (QED) is 0.788. The Kier molecular flexibility index (Phi) is 5.39. The van der Waals surface area contributed by atoms with Crippen molar-refractivity contribution in [2.75, 3.05) is 44.7 Å². The Balaban J connectivity index is 1.55. The molecule has 1 aliphatic carbocycles. The Morgan fingerprint density at radius 2 is 1.73 bits per heavy atom. The molecule has 1 aliphatic heterocycles. The third-order valence-electron chi connectivity index (χ3n) is 5.27. The van der Waals surface area contributed by atoms with E-state index in [1.54, 1.807) is 7.11 Å². The van der Waals surface area contributed by atoms with E-state index in [0.29, 0.717) is 38.4 Å². The van der Waals surface area contributed by atoms with Crippen molar-refractivity contribution in [1.82, 2.24) is 10.2 Å². The fraction of sp³-hybridized carbons (Fsp3) is 0.600. The van der Waals surface area contributed by atoms with Gasteiger partial charge in [-0.25, -0.2) is 0 Å². The Labute approximate surface area is 155 Å². The van der Waals surface area contributed by atoms with Gasteiger partial charge >= 0.3 is 0 Å². The molecule has 0 atom stereocenters. The molecule has 0 aromatic heterocycles. The van der Waals surface area contributed by atoms with Gasteiger partial charge in [-0.3, -0.25) is 9.59 Å². The van der Waals surface area contributed by atoms with Gasteiger partial charge in [0.2, 0.25) is 11.8 Å². The maximum Gasteiger partial charge on any atom is 0.238 e. The van der Waals surface area contributed by atoms with Crippen molar-refractivity contribution in [2.24, 2.45) is 11.3 Å². The van der Waals surface area contributed by atoms with E-state index in [-0.39, 0.29) is 11.8 Å². The topological polar surface area (TPSA) is 61.9 Å². The van der Waals surface area contributed by atoms with Crippen LogP contribution in [-0.4, -0.2) is 56.5 Å². The van der Waals surface area contributed by atoms with Crippen LogP contribution < -0.4 is 15.0 Å². The van der Waals surface area contributed by atoms with Gasteiger partial charge in [-0.1, -0.05) is 13.8 Å². The summed E-state index contributed by atoms with van der Waals surface area (Å²) in [5, 5.41) is 2.94. The lowest BCUT2D eigenvalue weighted by molar-refractivity contribution is -0.144. The molecular weight excluding hydrogens is 330 g/mol. The largest absolute Gasteiger partial charge is 0.497 e. The summed E-state index contributed by atoms with van der Waals surface area (Å²) in [6, 6.07) is 7.98. The molecule has 26 heavy (non-hydrogen) atoms. The number of nitrogens with one attached hydrogen (secondary N) is 1. The van der Waals surface area contributed by atoms with Crippen LogP contribution in [0.1, 0.15) is 26.7 Å². The molecule has 0 unspecified atom stereocenters. The summed E-state index contributed by atoms with van der Waals surface area (Å²) in [5.41, 5.74) is 0.339. The minimum absolute atomic E-state index is 0.00753. The molecule has 1 aromatic rings. The predicted molar refractivity (Wildman–Crippen MR) is 101 cm³/mol. The molecule has 0 bridgehead atoms. The van der Waals surface area contributed by atoms with E-state index in [0.717, 1.165) is 24.5 Å². The van der Waals surface area contributed by atoms with Crippen LogP contribution in [0.3, 0.4) is 0 Å². The molecule has 1 heterocycles. The van der Waals surface area contributed by atoms with Gasteiger partial charge in [0.25, 0.3) is 0 Å². The first-order valence-corrected chi connectivity index (χ1v) is 9.43. The van der Waals surface area contributed by atoms with Crippen LogP contribution >= 0.6 is 0 Å². The highest BCUT2D eigenvalue weighted by molar-refractivity contribution is 6.07. The van der Waals surface area contributed by atoms with Crippen molar-refractivity contribution in [3.63, 3.8) is 0 Å². The minimum Gasteiger partial charge on any atom is -0.497 e. The second-order valence-corrected chi connectivity index (χ2v) is 7.66.